The molecule has 0 radical (unpaired) electrons. The maximum Gasteiger partial charge on any atom is 0.326 e. The third kappa shape index (κ3) is 28.9. The maximum absolute atomic E-state index is 14.4. The zero-order chi connectivity index (χ0) is 70.9. The van der Waals surface area contributed by atoms with Crippen LogP contribution in [0.3, 0.4) is 0 Å². The Labute approximate surface area is 546 Å². The molecule has 1 aromatic carbocycles. The number of nitrogens with one attached hydrogen (secondary N) is 10. The molecule has 94 heavy (non-hydrogen) atoms. The highest BCUT2D eigenvalue weighted by atomic mass is 32.1. The lowest BCUT2D eigenvalue weighted by atomic mass is 9.96. The second kappa shape index (κ2) is 41.5. The number of carboxylic acids is 4. The average Bonchev–Trinajstić information content (AvgIpc) is 1.22. The average molecular weight is 1350 g/mol. The molecule has 0 spiro atoms. The number of carbonyl (C=O) groups is 16. The molecule has 1 fully saturated rings. The van der Waals surface area contributed by atoms with Crippen LogP contribution in [0.5, 0.6) is 0 Å². The summed E-state index contributed by atoms with van der Waals surface area (Å²) in [5.41, 5.74) is 17.1. The Hall–Kier alpha value is -9.03. The standard InChI is InChI=1S/C58H90N14O21S/c1-5-30(4)47(57(91)68-36(22-29(2)3)49(83)62-26-43(75)72-21-11-15-41(72)58(92)93)71-56(90)40(28-94)70-52(86)35(17-19-45(78)79)65-53(87)37(23-31-12-7-6-8-13-31)66-55(89)39(27-73)69-54(88)38(25-42(61)74)67-50(84)33(14-9-10-20-59)64-51(85)34(16-18-44(76)77)63-48(82)32(60)24-46(80)81/h6-8,12-13,29-30,32-41,47,73,94H,5,9-11,14-28,59-60H2,1-4H3,(H2,61,74)(H,62,83)(H,63,82)(H,64,85)(H,65,87)(H,66,89)(H,67,84)(H,68,91)(H,69,88)(H,70,86)(H,71,90)(H,76,77)(H,78,79)(H,80,81)(H,92,93)/t30-,32-,33-,34-,35-,36-,37-,38-,39-,40-,41-,47-/m0/s1. The predicted octanol–water partition coefficient (Wildman–Crippen LogP) is -5.67. The number of hydrogen-bond donors (Lipinski definition) is 19. The number of aliphatic hydroxyl groups is 1. The number of hydrogen-bond acceptors (Lipinski definition) is 20. The Kier molecular flexibility index (Phi) is 35.8. The first kappa shape index (κ1) is 81.1. The molecule has 12 atom stereocenters. The number of benzene rings is 1. The summed E-state index contributed by atoms with van der Waals surface area (Å²) in [5.74, 6) is -19.5. The van der Waals surface area contributed by atoms with Crippen LogP contribution in [0.2, 0.25) is 0 Å². The van der Waals surface area contributed by atoms with Gasteiger partial charge in [0.2, 0.25) is 70.9 Å². The molecule has 0 aliphatic carbocycles. The summed E-state index contributed by atoms with van der Waals surface area (Å²) in [6.45, 7) is 5.36. The summed E-state index contributed by atoms with van der Waals surface area (Å²) in [5, 5.41) is 71.8. The Balaban J connectivity index is 2.42. The normalized spacial score (nSPS) is 16.2. The number of aliphatic hydroxyl groups excluding tert-OH is 1. The van der Waals surface area contributed by atoms with Crippen LogP contribution in [-0.4, -0.2) is 224 Å². The third-order valence-electron chi connectivity index (χ3n) is 14.9. The fraction of sp³-hybridized carbons (Fsp3) is 0.621. The molecular formula is C58H90N14O21S. The predicted molar refractivity (Wildman–Crippen MR) is 333 cm³/mol. The maximum atomic E-state index is 14.4. The van der Waals surface area contributed by atoms with Crippen LogP contribution in [0.15, 0.2) is 30.3 Å². The summed E-state index contributed by atoms with van der Waals surface area (Å²) < 4.78 is 0. The smallest absolute Gasteiger partial charge is 0.326 e. The minimum absolute atomic E-state index is 0.0677. The van der Waals surface area contributed by atoms with Gasteiger partial charge in [-0.15, -0.1) is 0 Å². The molecule has 35 nitrogen and oxygen atoms in total. The molecule has 36 heteroatoms. The fourth-order valence-electron chi connectivity index (χ4n) is 9.52. The monoisotopic (exact) mass is 1350 g/mol. The number of primary amides is 1. The molecule has 1 heterocycles. The van der Waals surface area contributed by atoms with Gasteiger partial charge >= 0.3 is 23.9 Å². The molecule has 0 unspecified atom stereocenters. The number of aliphatic carboxylic acids is 4. The summed E-state index contributed by atoms with van der Waals surface area (Å²) in [6.07, 6.45) is -3.59. The van der Waals surface area contributed by atoms with E-state index in [0.29, 0.717) is 18.4 Å². The lowest BCUT2D eigenvalue weighted by Crippen LogP contribution is -2.62. The molecular weight excluding hydrogens is 1260 g/mol. The van der Waals surface area contributed by atoms with Crippen molar-refractivity contribution in [3.05, 3.63) is 35.9 Å². The largest absolute Gasteiger partial charge is 0.481 e. The number of likely N-dealkylation sites (tertiary alicyclic amines) is 1. The van der Waals surface area contributed by atoms with E-state index >= 15 is 0 Å². The highest BCUT2D eigenvalue weighted by Crippen LogP contribution is 2.18. The Morgan fingerprint density at radius 1 is 0.574 bits per heavy atom. The first-order valence-corrected chi connectivity index (χ1v) is 31.1. The van der Waals surface area contributed by atoms with Crippen molar-refractivity contribution >= 4 is 107 Å². The van der Waals surface area contributed by atoms with Crippen molar-refractivity contribution in [1.29, 1.82) is 0 Å². The SMILES string of the molecule is CC[C@H](C)[C@H](NC(=O)[C@H](CS)NC(=O)[C@H](CCC(=O)O)NC(=O)[C@H](Cc1ccccc1)NC(=O)[C@H](CO)NC(=O)[C@H](CC(N)=O)NC(=O)[C@H](CCCCN)NC(=O)[C@H](CCC(=O)O)NC(=O)[C@@H](N)CC(=O)O)C(=O)N[C@@H](CC(C)C)C(=O)NCC(=O)N1CCC[C@H]1C(=O)O. The Morgan fingerprint density at radius 2 is 1.05 bits per heavy atom. The molecule has 2 rings (SSSR count). The van der Waals surface area contributed by atoms with Crippen LogP contribution in [-0.2, 0) is 83.1 Å². The lowest BCUT2D eigenvalue weighted by molar-refractivity contribution is -0.148. The second-order valence-corrected chi connectivity index (χ2v) is 23.2. The summed E-state index contributed by atoms with van der Waals surface area (Å²) in [4.78, 5) is 211. The Morgan fingerprint density at radius 3 is 1.55 bits per heavy atom. The minimum Gasteiger partial charge on any atom is -0.481 e. The van der Waals surface area contributed by atoms with Crippen LogP contribution >= 0.6 is 12.6 Å². The van der Waals surface area contributed by atoms with Crippen molar-refractivity contribution in [2.45, 2.75) is 184 Å². The van der Waals surface area contributed by atoms with Crippen LogP contribution in [0.1, 0.15) is 117 Å². The number of carbonyl (C=O) groups excluding carboxylic acids is 12. The highest BCUT2D eigenvalue weighted by Gasteiger charge is 2.39. The Bertz CT molecular complexity index is 2840. The van der Waals surface area contributed by atoms with Crippen molar-refractivity contribution in [1.82, 2.24) is 58.1 Å². The van der Waals surface area contributed by atoms with E-state index in [9.17, 15) is 97.1 Å². The number of unbranched alkanes of at least 4 members (excludes halogenated alkanes) is 1. The number of carboxylic acid groups (broad SMARTS) is 4. The summed E-state index contributed by atoms with van der Waals surface area (Å²) >= 11 is 4.23. The van der Waals surface area contributed by atoms with E-state index in [1.807, 2.05) is 0 Å². The molecule has 0 bridgehead atoms. The van der Waals surface area contributed by atoms with Gasteiger partial charge in [0, 0.05) is 31.6 Å². The van der Waals surface area contributed by atoms with Gasteiger partial charge in [-0.2, -0.15) is 12.6 Å². The topological polar surface area (TPSA) is 576 Å². The number of nitrogens with zero attached hydrogens (tertiary/aromatic N) is 1. The van der Waals surface area contributed by atoms with E-state index in [2.05, 4.69) is 65.8 Å². The van der Waals surface area contributed by atoms with Crippen LogP contribution in [0.25, 0.3) is 0 Å². The number of thiol groups is 1. The third-order valence-corrected chi connectivity index (χ3v) is 15.2. The quantitative estimate of drug-likeness (QED) is 0.0214. The first-order valence-electron chi connectivity index (χ1n) is 30.5. The molecule has 1 aliphatic heterocycles. The van der Waals surface area contributed by atoms with Crippen molar-refractivity contribution < 1.29 is 102 Å². The molecule has 524 valence electrons. The van der Waals surface area contributed by atoms with Gasteiger partial charge in [0.25, 0.3) is 0 Å². The second-order valence-electron chi connectivity index (χ2n) is 22.9. The molecule has 1 aliphatic rings. The van der Waals surface area contributed by atoms with Crippen LogP contribution in [0.4, 0.5) is 0 Å². The fourth-order valence-corrected chi connectivity index (χ4v) is 9.77. The van der Waals surface area contributed by atoms with Gasteiger partial charge in [0.1, 0.15) is 60.4 Å². The molecule has 21 N–H and O–H groups in total. The zero-order valence-electron chi connectivity index (χ0n) is 52.7. The first-order chi connectivity index (χ1) is 44.3. The molecule has 12 amide bonds. The van der Waals surface area contributed by atoms with E-state index in [0.717, 1.165) is 4.90 Å². The highest BCUT2D eigenvalue weighted by molar-refractivity contribution is 7.80. The van der Waals surface area contributed by atoms with E-state index in [4.69, 9.17) is 22.3 Å². The van der Waals surface area contributed by atoms with E-state index in [1.54, 1.807) is 58.0 Å². The number of nitrogens with two attached hydrogens (primary N) is 3. The molecule has 0 aromatic heterocycles. The van der Waals surface area contributed by atoms with E-state index < -0.39 is 225 Å². The summed E-state index contributed by atoms with van der Waals surface area (Å²) in [6, 6.07) is -9.84. The van der Waals surface area contributed by atoms with Crippen molar-refractivity contribution in [3.63, 3.8) is 0 Å². The van der Waals surface area contributed by atoms with E-state index in [1.165, 1.54) is 0 Å². The van der Waals surface area contributed by atoms with Gasteiger partial charge < -0.3 is 101 Å². The van der Waals surface area contributed by atoms with Gasteiger partial charge in [0.15, 0.2) is 0 Å². The molecule has 0 saturated carbocycles. The van der Waals surface area contributed by atoms with E-state index in [-0.39, 0.29) is 57.5 Å². The van der Waals surface area contributed by atoms with Crippen molar-refractivity contribution in [2.24, 2.45) is 29.0 Å². The zero-order valence-corrected chi connectivity index (χ0v) is 53.6. The number of rotatable bonds is 44. The minimum atomic E-state index is -2.00. The van der Waals surface area contributed by atoms with Gasteiger partial charge in [-0.1, -0.05) is 64.4 Å². The van der Waals surface area contributed by atoms with Crippen molar-refractivity contribution in [2.75, 3.05) is 32.0 Å². The number of amides is 12. The molecule has 1 saturated heterocycles. The van der Waals surface area contributed by atoms with Gasteiger partial charge in [-0.3, -0.25) is 71.9 Å². The van der Waals surface area contributed by atoms with Crippen LogP contribution in [0, 0.1) is 11.8 Å². The van der Waals surface area contributed by atoms with Gasteiger partial charge in [-0.05, 0) is 75.3 Å². The lowest BCUT2D eigenvalue weighted by Gasteiger charge is -2.29. The van der Waals surface area contributed by atoms with Crippen LogP contribution < -0.4 is 70.4 Å². The molecule has 1 aromatic rings. The van der Waals surface area contributed by atoms with Gasteiger partial charge in [0.05, 0.1) is 32.0 Å². The van der Waals surface area contributed by atoms with Gasteiger partial charge in [-0.25, -0.2) is 4.79 Å². The summed E-state index contributed by atoms with van der Waals surface area (Å²) in [7, 11) is 0. The van der Waals surface area contributed by atoms with Crippen molar-refractivity contribution in [3.8, 4) is 0 Å².